The largest absolute Gasteiger partial charge is 0.393 e. The SMILES string of the molecule is CN(CCCS(C)(=O)=O)C1CC(O)C1. The fourth-order valence-corrected chi connectivity index (χ4v) is 2.33. The Morgan fingerprint density at radius 3 is 2.43 bits per heavy atom. The van der Waals surface area contributed by atoms with Crippen LogP contribution in [0, 0.1) is 0 Å². The normalized spacial score (nSPS) is 27.7. The van der Waals surface area contributed by atoms with Crippen molar-refractivity contribution in [1.82, 2.24) is 4.90 Å². The van der Waals surface area contributed by atoms with Crippen LogP contribution in [0.2, 0.25) is 0 Å². The lowest BCUT2D eigenvalue weighted by molar-refractivity contribution is 0.0125. The molecule has 0 unspecified atom stereocenters. The number of rotatable bonds is 5. The number of aliphatic hydroxyl groups excluding tert-OH is 1. The second-order valence-corrected chi connectivity index (χ2v) is 6.50. The van der Waals surface area contributed by atoms with Crippen molar-refractivity contribution < 1.29 is 13.5 Å². The van der Waals surface area contributed by atoms with Gasteiger partial charge in [-0.15, -0.1) is 0 Å². The third-order valence-electron chi connectivity index (χ3n) is 2.74. The summed E-state index contributed by atoms with van der Waals surface area (Å²) in [6, 6.07) is 0.449. The first kappa shape index (κ1) is 11.9. The zero-order valence-electron chi connectivity index (χ0n) is 8.81. The molecule has 14 heavy (non-hydrogen) atoms. The van der Waals surface area contributed by atoms with Crippen LogP contribution in [0.1, 0.15) is 19.3 Å². The van der Waals surface area contributed by atoms with Crippen LogP contribution in [0.15, 0.2) is 0 Å². The average molecular weight is 221 g/mol. The lowest BCUT2D eigenvalue weighted by Crippen LogP contribution is -2.45. The van der Waals surface area contributed by atoms with Crippen molar-refractivity contribution in [1.29, 1.82) is 0 Å². The average Bonchev–Trinajstić information content (AvgIpc) is 1.96. The van der Waals surface area contributed by atoms with Gasteiger partial charge >= 0.3 is 0 Å². The molecule has 0 atom stereocenters. The molecule has 1 N–H and O–H groups in total. The van der Waals surface area contributed by atoms with Crippen LogP contribution >= 0.6 is 0 Å². The van der Waals surface area contributed by atoms with Gasteiger partial charge in [0.2, 0.25) is 0 Å². The molecule has 1 aliphatic rings. The molecular formula is C9H19NO3S. The molecule has 1 rings (SSSR count). The highest BCUT2D eigenvalue weighted by atomic mass is 32.2. The first-order valence-electron chi connectivity index (χ1n) is 4.94. The topological polar surface area (TPSA) is 57.6 Å². The fourth-order valence-electron chi connectivity index (χ4n) is 1.68. The summed E-state index contributed by atoms with van der Waals surface area (Å²) in [5, 5.41) is 9.10. The number of hydrogen-bond donors (Lipinski definition) is 1. The summed E-state index contributed by atoms with van der Waals surface area (Å²) in [4.78, 5) is 2.14. The number of aliphatic hydroxyl groups is 1. The Bertz CT molecular complexity index is 270. The van der Waals surface area contributed by atoms with Gasteiger partial charge < -0.3 is 10.0 Å². The van der Waals surface area contributed by atoms with Crippen LogP contribution < -0.4 is 0 Å². The molecular weight excluding hydrogens is 202 g/mol. The third-order valence-corrected chi connectivity index (χ3v) is 3.77. The van der Waals surface area contributed by atoms with Crippen LogP contribution in [0.5, 0.6) is 0 Å². The number of sulfone groups is 1. The van der Waals surface area contributed by atoms with Crippen molar-refractivity contribution >= 4 is 9.84 Å². The molecule has 84 valence electrons. The van der Waals surface area contributed by atoms with Crippen molar-refractivity contribution in [3.8, 4) is 0 Å². The first-order valence-corrected chi connectivity index (χ1v) is 7.00. The molecule has 0 bridgehead atoms. The van der Waals surface area contributed by atoms with E-state index in [1.54, 1.807) is 0 Å². The maximum absolute atomic E-state index is 10.9. The van der Waals surface area contributed by atoms with Gasteiger partial charge in [-0.05, 0) is 32.9 Å². The molecule has 0 heterocycles. The third kappa shape index (κ3) is 3.94. The van der Waals surface area contributed by atoms with Crippen LogP contribution in [0.4, 0.5) is 0 Å². The molecule has 0 spiro atoms. The molecule has 0 aromatic heterocycles. The van der Waals surface area contributed by atoms with Gasteiger partial charge in [-0.3, -0.25) is 0 Å². The van der Waals surface area contributed by atoms with E-state index in [1.807, 2.05) is 7.05 Å². The van der Waals surface area contributed by atoms with Crippen LogP contribution in [-0.4, -0.2) is 56.2 Å². The highest BCUT2D eigenvalue weighted by Crippen LogP contribution is 2.24. The molecule has 0 aliphatic heterocycles. The summed E-state index contributed by atoms with van der Waals surface area (Å²) in [7, 11) is -0.836. The van der Waals surface area contributed by atoms with Gasteiger partial charge in [0.05, 0.1) is 11.9 Å². The van der Waals surface area contributed by atoms with Crippen molar-refractivity contribution in [3.05, 3.63) is 0 Å². The predicted octanol–water partition coefficient (Wildman–Crippen LogP) is -0.124. The number of nitrogens with zero attached hydrogens (tertiary/aromatic N) is 1. The van der Waals surface area contributed by atoms with E-state index >= 15 is 0 Å². The lowest BCUT2D eigenvalue weighted by atomic mass is 9.88. The standard InChI is InChI=1S/C9H19NO3S/c1-10(8-6-9(11)7-8)4-3-5-14(2,12)13/h8-9,11H,3-7H2,1-2H3. The van der Waals surface area contributed by atoms with Gasteiger partial charge in [0.15, 0.2) is 0 Å². The summed E-state index contributed by atoms with van der Waals surface area (Å²) in [6.07, 6.45) is 3.46. The van der Waals surface area contributed by atoms with Crippen LogP contribution in [0.3, 0.4) is 0 Å². The smallest absolute Gasteiger partial charge is 0.147 e. The quantitative estimate of drug-likeness (QED) is 0.703. The van der Waals surface area contributed by atoms with Gasteiger partial charge in [-0.2, -0.15) is 0 Å². The summed E-state index contributed by atoms with van der Waals surface area (Å²) in [6.45, 7) is 0.796. The molecule has 0 radical (unpaired) electrons. The zero-order chi connectivity index (χ0) is 10.8. The molecule has 1 saturated carbocycles. The molecule has 0 aromatic carbocycles. The van der Waals surface area contributed by atoms with Crippen molar-refractivity contribution in [3.63, 3.8) is 0 Å². The Hall–Kier alpha value is -0.130. The highest BCUT2D eigenvalue weighted by molar-refractivity contribution is 7.90. The summed E-state index contributed by atoms with van der Waals surface area (Å²) >= 11 is 0. The zero-order valence-corrected chi connectivity index (χ0v) is 9.63. The minimum absolute atomic E-state index is 0.141. The summed E-state index contributed by atoms with van der Waals surface area (Å²) < 4.78 is 21.7. The molecule has 0 aromatic rings. The fraction of sp³-hybridized carbons (Fsp3) is 1.00. The van der Waals surface area contributed by atoms with E-state index in [2.05, 4.69) is 4.90 Å². The van der Waals surface area contributed by atoms with Crippen LogP contribution in [-0.2, 0) is 9.84 Å². The molecule has 1 aliphatic carbocycles. The molecule has 1 fully saturated rings. The Kier molecular flexibility index (Phi) is 3.92. The minimum Gasteiger partial charge on any atom is -0.393 e. The first-order chi connectivity index (χ1) is 6.38. The van der Waals surface area contributed by atoms with Gasteiger partial charge in [-0.25, -0.2) is 8.42 Å². The Morgan fingerprint density at radius 2 is 2.00 bits per heavy atom. The maximum atomic E-state index is 10.9. The van der Waals surface area contributed by atoms with Crippen molar-refractivity contribution in [2.45, 2.75) is 31.4 Å². The minimum atomic E-state index is -2.82. The summed E-state index contributed by atoms with van der Waals surface area (Å²) in [5.74, 6) is 0.257. The second kappa shape index (κ2) is 4.59. The Labute approximate surface area is 85.8 Å². The lowest BCUT2D eigenvalue weighted by Gasteiger charge is -2.38. The second-order valence-electron chi connectivity index (χ2n) is 4.24. The highest BCUT2D eigenvalue weighted by Gasteiger charge is 2.29. The van der Waals surface area contributed by atoms with E-state index in [-0.39, 0.29) is 11.9 Å². The predicted molar refractivity (Wildman–Crippen MR) is 56.0 cm³/mol. The maximum Gasteiger partial charge on any atom is 0.147 e. The molecule has 0 amide bonds. The van der Waals surface area contributed by atoms with E-state index < -0.39 is 9.84 Å². The monoisotopic (exact) mass is 221 g/mol. The Balaban J connectivity index is 2.13. The van der Waals surface area contributed by atoms with Crippen molar-refractivity contribution in [2.24, 2.45) is 0 Å². The summed E-state index contributed by atoms with van der Waals surface area (Å²) in [5.41, 5.74) is 0. The molecule has 0 saturated heterocycles. The Morgan fingerprint density at radius 1 is 1.43 bits per heavy atom. The van der Waals surface area contributed by atoms with E-state index in [1.165, 1.54) is 6.26 Å². The number of hydrogen-bond acceptors (Lipinski definition) is 4. The van der Waals surface area contributed by atoms with Crippen LogP contribution in [0.25, 0.3) is 0 Å². The van der Waals surface area contributed by atoms with Gasteiger partial charge in [0.1, 0.15) is 9.84 Å². The van der Waals surface area contributed by atoms with E-state index in [0.29, 0.717) is 12.5 Å². The molecule has 4 nitrogen and oxygen atoms in total. The van der Waals surface area contributed by atoms with E-state index in [9.17, 15) is 8.42 Å². The van der Waals surface area contributed by atoms with Crippen molar-refractivity contribution in [2.75, 3.05) is 25.6 Å². The van der Waals surface area contributed by atoms with E-state index in [4.69, 9.17) is 5.11 Å². The van der Waals surface area contributed by atoms with Gasteiger partial charge in [0.25, 0.3) is 0 Å². The molecule has 5 heteroatoms. The van der Waals surface area contributed by atoms with Gasteiger partial charge in [-0.1, -0.05) is 0 Å². The van der Waals surface area contributed by atoms with E-state index in [0.717, 1.165) is 19.4 Å². The van der Waals surface area contributed by atoms with Gasteiger partial charge in [0, 0.05) is 12.3 Å².